The van der Waals surface area contributed by atoms with E-state index in [9.17, 15) is 9.59 Å². The van der Waals surface area contributed by atoms with Gasteiger partial charge >= 0.3 is 0 Å². The maximum Gasteiger partial charge on any atom is 0.251 e. The first-order valence-electron chi connectivity index (χ1n) is 6.00. The van der Waals surface area contributed by atoms with E-state index >= 15 is 0 Å². The van der Waals surface area contributed by atoms with Gasteiger partial charge in [0, 0.05) is 30.8 Å². The van der Waals surface area contributed by atoms with Gasteiger partial charge in [0.25, 0.3) is 5.91 Å². The molecule has 98 valence electrons. The molecule has 0 fully saturated rings. The third-order valence-corrected chi connectivity index (χ3v) is 2.37. The van der Waals surface area contributed by atoms with E-state index in [0.717, 1.165) is 0 Å². The second kappa shape index (κ2) is 7.45. The lowest BCUT2D eigenvalue weighted by atomic mass is 10.2. The molecule has 2 amide bonds. The van der Waals surface area contributed by atoms with Crippen LogP contribution in [0.25, 0.3) is 0 Å². The number of benzene rings is 1. The summed E-state index contributed by atoms with van der Waals surface area (Å²) in [6, 6.07) is 6.83. The van der Waals surface area contributed by atoms with Crippen molar-refractivity contribution < 1.29 is 9.59 Å². The molecular formula is C13H19N3O2. The van der Waals surface area contributed by atoms with E-state index < -0.39 is 0 Å². The number of carbonyl (C=O) groups is 2. The average Bonchev–Trinajstić information content (AvgIpc) is 2.37. The lowest BCUT2D eigenvalue weighted by Gasteiger charge is -2.06. The minimum Gasteiger partial charge on any atom is -0.352 e. The smallest absolute Gasteiger partial charge is 0.251 e. The van der Waals surface area contributed by atoms with Gasteiger partial charge in [-0.05, 0) is 38.2 Å². The summed E-state index contributed by atoms with van der Waals surface area (Å²) in [6.45, 7) is 3.11. The van der Waals surface area contributed by atoms with E-state index in [0.29, 0.717) is 30.8 Å². The predicted molar refractivity (Wildman–Crippen MR) is 71.6 cm³/mol. The Kier molecular flexibility index (Phi) is 5.87. The fourth-order valence-corrected chi connectivity index (χ4v) is 1.43. The standard InChI is InChI=1S/C13H19N3O2/c1-3-15-13(18)10-4-6-11(7-5-10)16-12(17)8-9-14-2/h4-7,14H,3,8-9H2,1-2H3,(H,15,18)(H,16,17). The third-order valence-electron chi connectivity index (χ3n) is 2.37. The highest BCUT2D eigenvalue weighted by molar-refractivity contribution is 5.95. The van der Waals surface area contributed by atoms with Crippen molar-refractivity contribution in [3.8, 4) is 0 Å². The molecule has 0 bridgehead atoms. The van der Waals surface area contributed by atoms with Crippen LogP contribution in [0.2, 0.25) is 0 Å². The molecule has 5 nitrogen and oxygen atoms in total. The number of amides is 2. The quantitative estimate of drug-likeness (QED) is 0.704. The van der Waals surface area contributed by atoms with E-state index in [1.807, 2.05) is 6.92 Å². The Morgan fingerprint density at radius 2 is 1.83 bits per heavy atom. The summed E-state index contributed by atoms with van der Waals surface area (Å²) >= 11 is 0. The van der Waals surface area contributed by atoms with Gasteiger partial charge in [0.2, 0.25) is 5.91 Å². The lowest BCUT2D eigenvalue weighted by molar-refractivity contribution is -0.116. The van der Waals surface area contributed by atoms with Crippen LogP contribution in [-0.4, -0.2) is 32.0 Å². The topological polar surface area (TPSA) is 70.2 Å². The predicted octanol–water partition coefficient (Wildman–Crippen LogP) is 0.984. The Bertz CT molecular complexity index is 401. The molecule has 0 unspecified atom stereocenters. The van der Waals surface area contributed by atoms with Gasteiger partial charge in [-0.1, -0.05) is 0 Å². The summed E-state index contributed by atoms with van der Waals surface area (Å²) in [4.78, 5) is 23.0. The first-order valence-corrected chi connectivity index (χ1v) is 6.00. The molecule has 0 saturated heterocycles. The Hall–Kier alpha value is -1.88. The molecule has 0 heterocycles. The van der Waals surface area contributed by atoms with Crippen molar-refractivity contribution in [1.29, 1.82) is 0 Å². The van der Waals surface area contributed by atoms with Gasteiger partial charge in [0.15, 0.2) is 0 Å². The Morgan fingerprint density at radius 1 is 1.17 bits per heavy atom. The molecule has 1 rings (SSSR count). The second-order valence-electron chi connectivity index (χ2n) is 3.84. The lowest BCUT2D eigenvalue weighted by Crippen LogP contribution is -2.22. The molecule has 0 aliphatic rings. The van der Waals surface area contributed by atoms with Gasteiger partial charge in [-0.2, -0.15) is 0 Å². The fourth-order valence-electron chi connectivity index (χ4n) is 1.43. The molecule has 0 saturated carbocycles. The SMILES string of the molecule is CCNC(=O)c1ccc(NC(=O)CCNC)cc1. The van der Waals surface area contributed by atoms with Crippen molar-refractivity contribution in [3.05, 3.63) is 29.8 Å². The zero-order valence-corrected chi connectivity index (χ0v) is 10.7. The monoisotopic (exact) mass is 249 g/mol. The molecule has 18 heavy (non-hydrogen) atoms. The minimum absolute atomic E-state index is 0.0462. The maximum absolute atomic E-state index is 11.5. The summed E-state index contributed by atoms with van der Waals surface area (Å²) < 4.78 is 0. The normalized spacial score (nSPS) is 9.89. The highest BCUT2D eigenvalue weighted by Crippen LogP contribution is 2.09. The van der Waals surface area contributed by atoms with Crippen LogP contribution >= 0.6 is 0 Å². The molecule has 0 aliphatic heterocycles. The van der Waals surface area contributed by atoms with Crippen LogP contribution in [0.15, 0.2) is 24.3 Å². The Balaban J connectivity index is 2.55. The van der Waals surface area contributed by atoms with Crippen molar-refractivity contribution in [2.45, 2.75) is 13.3 Å². The summed E-state index contributed by atoms with van der Waals surface area (Å²) in [7, 11) is 1.80. The van der Waals surface area contributed by atoms with E-state index in [4.69, 9.17) is 0 Å². The molecular weight excluding hydrogens is 230 g/mol. The zero-order valence-electron chi connectivity index (χ0n) is 10.7. The van der Waals surface area contributed by atoms with Gasteiger partial charge in [-0.15, -0.1) is 0 Å². The minimum atomic E-state index is -0.106. The first-order chi connectivity index (χ1) is 8.67. The van der Waals surface area contributed by atoms with E-state index in [1.165, 1.54) is 0 Å². The van der Waals surface area contributed by atoms with Gasteiger partial charge in [-0.25, -0.2) is 0 Å². The van der Waals surface area contributed by atoms with Crippen LogP contribution in [0.5, 0.6) is 0 Å². The Labute approximate surface area is 107 Å². The molecule has 1 aromatic rings. The first kappa shape index (κ1) is 14.2. The third kappa shape index (κ3) is 4.55. The van der Waals surface area contributed by atoms with Crippen molar-refractivity contribution >= 4 is 17.5 Å². The summed E-state index contributed by atoms with van der Waals surface area (Å²) in [5, 5.41) is 8.39. The van der Waals surface area contributed by atoms with Gasteiger partial charge in [0.1, 0.15) is 0 Å². The van der Waals surface area contributed by atoms with Gasteiger partial charge in [0.05, 0.1) is 0 Å². The second-order valence-corrected chi connectivity index (χ2v) is 3.84. The van der Waals surface area contributed by atoms with Crippen molar-refractivity contribution in [2.75, 3.05) is 25.5 Å². The summed E-state index contributed by atoms with van der Waals surface area (Å²) in [5.74, 6) is -0.152. The number of nitrogens with one attached hydrogen (secondary N) is 3. The molecule has 3 N–H and O–H groups in total. The Morgan fingerprint density at radius 3 is 2.39 bits per heavy atom. The largest absolute Gasteiger partial charge is 0.352 e. The number of hydrogen-bond donors (Lipinski definition) is 3. The summed E-state index contributed by atoms with van der Waals surface area (Å²) in [5.41, 5.74) is 1.29. The molecule has 0 atom stereocenters. The van der Waals surface area contributed by atoms with E-state index in [-0.39, 0.29) is 11.8 Å². The van der Waals surface area contributed by atoms with Gasteiger partial charge < -0.3 is 16.0 Å². The number of anilines is 1. The van der Waals surface area contributed by atoms with Crippen LogP contribution in [0, 0.1) is 0 Å². The fraction of sp³-hybridized carbons (Fsp3) is 0.385. The van der Waals surface area contributed by atoms with Gasteiger partial charge in [-0.3, -0.25) is 9.59 Å². The highest BCUT2D eigenvalue weighted by atomic mass is 16.2. The molecule has 0 spiro atoms. The number of rotatable bonds is 6. The van der Waals surface area contributed by atoms with Crippen LogP contribution in [0.1, 0.15) is 23.7 Å². The van der Waals surface area contributed by atoms with Crippen LogP contribution in [0.4, 0.5) is 5.69 Å². The maximum atomic E-state index is 11.5. The van der Waals surface area contributed by atoms with E-state index in [1.54, 1.807) is 31.3 Å². The molecule has 5 heteroatoms. The molecule has 0 aliphatic carbocycles. The number of hydrogen-bond acceptors (Lipinski definition) is 3. The van der Waals surface area contributed by atoms with Crippen molar-refractivity contribution in [2.24, 2.45) is 0 Å². The molecule has 1 aromatic carbocycles. The van der Waals surface area contributed by atoms with E-state index in [2.05, 4.69) is 16.0 Å². The van der Waals surface area contributed by atoms with Crippen LogP contribution < -0.4 is 16.0 Å². The van der Waals surface area contributed by atoms with Crippen LogP contribution in [0.3, 0.4) is 0 Å². The zero-order chi connectivity index (χ0) is 13.4. The van der Waals surface area contributed by atoms with Crippen molar-refractivity contribution in [3.63, 3.8) is 0 Å². The number of carbonyl (C=O) groups excluding carboxylic acids is 2. The summed E-state index contributed by atoms with van der Waals surface area (Å²) in [6.07, 6.45) is 0.425. The average molecular weight is 249 g/mol. The highest BCUT2D eigenvalue weighted by Gasteiger charge is 2.05. The molecule has 0 radical (unpaired) electrons. The van der Waals surface area contributed by atoms with Crippen LogP contribution in [-0.2, 0) is 4.79 Å². The molecule has 0 aromatic heterocycles. The van der Waals surface area contributed by atoms with Crippen molar-refractivity contribution in [1.82, 2.24) is 10.6 Å².